The van der Waals surface area contributed by atoms with Crippen LogP contribution in [0.5, 0.6) is 11.5 Å². The van der Waals surface area contributed by atoms with Crippen molar-refractivity contribution in [2.45, 2.75) is 0 Å². The van der Waals surface area contributed by atoms with E-state index in [4.69, 9.17) is 9.47 Å². The number of hydrogen-bond acceptors (Lipinski definition) is 9. The number of benzene rings is 3. The molecule has 0 amide bonds. The second kappa shape index (κ2) is 9.80. The van der Waals surface area contributed by atoms with E-state index in [0.29, 0.717) is 11.1 Å². The van der Waals surface area contributed by atoms with E-state index in [0.717, 1.165) is 12.1 Å². The van der Waals surface area contributed by atoms with Crippen molar-refractivity contribution in [3.8, 4) is 11.5 Å². The number of carbonyl (C=O) groups is 1. The number of nitrogens with one attached hydrogen (secondary N) is 1. The molecule has 3 aromatic carbocycles. The first kappa shape index (κ1) is 21.9. The SMILES string of the molecule is COc1cc(/C=N/Nc2ccc([N+](=O)[O-])cc2[N+](=O)[O-])ccc1OC(=O)c1ccccc1. The molecule has 0 spiro atoms. The molecule has 0 radical (unpaired) electrons. The Kier molecular flexibility index (Phi) is 6.71. The third-order valence-electron chi connectivity index (χ3n) is 4.19. The van der Waals surface area contributed by atoms with Gasteiger partial charge >= 0.3 is 11.7 Å². The first-order chi connectivity index (χ1) is 15.4. The molecule has 32 heavy (non-hydrogen) atoms. The number of hydrogen-bond donors (Lipinski definition) is 1. The number of esters is 1. The maximum atomic E-state index is 12.2. The highest BCUT2D eigenvalue weighted by molar-refractivity contribution is 5.91. The van der Waals surface area contributed by atoms with Crippen LogP contribution in [0.3, 0.4) is 0 Å². The monoisotopic (exact) mass is 436 g/mol. The van der Waals surface area contributed by atoms with Gasteiger partial charge in [0.1, 0.15) is 5.69 Å². The van der Waals surface area contributed by atoms with Crippen molar-refractivity contribution in [2.75, 3.05) is 12.5 Å². The molecule has 0 atom stereocenters. The van der Waals surface area contributed by atoms with E-state index in [1.54, 1.807) is 42.5 Å². The maximum Gasteiger partial charge on any atom is 0.343 e. The van der Waals surface area contributed by atoms with Crippen molar-refractivity contribution in [1.29, 1.82) is 0 Å². The van der Waals surface area contributed by atoms with Crippen LogP contribution in [0.4, 0.5) is 17.1 Å². The van der Waals surface area contributed by atoms with Crippen LogP contribution in [0.15, 0.2) is 71.8 Å². The van der Waals surface area contributed by atoms with Gasteiger partial charge in [-0.2, -0.15) is 5.10 Å². The molecule has 162 valence electrons. The molecule has 0 bridgehead atoms. The molecule has 0 aliphatic heterocycles. The number of hydrazone groups is 1. The molecule has 0 aliphatic rings. The number of ether oxygens (including phenoxy) is 2. The Morgan fingerprint density at radius 2 is 1.72 bits per heavy atom. The third-order valence-corrected chi connectivity index (χ3v) is 4.19. The molecule has 1 N–H and O–H groups in total. The fourth-order valence-corrected chi connectivity index (χ4v) is 2.64. The van der Waals surface area contributed by atoms with Crippen LogP contribution >= 0.6 is 0 Å². The van der Waals surface area contributed by atoms with E-state index in [1.165, 1.54) is 25.5 Å². The minimum atomic E-state index is -0.746. The number of nitro groups is 2. The molecule has 0 saturated carbocycles. The Morgan fingerprint density at radius 3 is 2.38 bits per heavy atom. The van der Waals surface area contributed by atoms with Gasteiger partial charge in [0.25, 0.3) is 5.69 Å². The largest absolute Gasteiger partial charge is 0.493 e. The highest BCUT2D eigenvalue weighted by Crippen LogP contribution is 2.30. The number of anilines is 1. The summed E-state index contributed by atoms with van der Waals surface area (Å²) in [7, 11) is 1.41. The minimum Gasteiger partial charge on any atom is -0.493 e. The molecular weight excluding hydrogens is 420 g/mol. The second-order valence-corrected chi connectivity index (χ2v) is 6.25. The van der Waals surface area contributed by atoms with Gasteiger partial charge in [0.15, 0.2) is 11.5 Å². The van der Waals surface area contributed by atoms with Crippen molar-refractivity contribution in [1.82, 2.24) is 0 Å². The number of rotatable bonds is 8. The summed E-state index contributed by atoms with van der Waals surface area (Å²) in [6.45, 7) is 0. The normalized spacial score (nSPS) is 10.5. The lowest BCUT2D eigenvalue weighted by atomic mass is 10.2. The van der Waals surface area contributed by atoms with Crippen molar-refractivity contribution in [3.63, 3.8) is 0 Å². The molecule has 0 fully saturated rings. The van der Waals surface area contributed by atoms with E-state index < -0.39 is 27.2 Å². The predicted molar refractivity (Wildman–Crippen MR) is 115 cm³/mol. The predicted octanol–water partition coefficient (Wildman–Crippen LogP) is 4.18. The van der Waals surface area contributed by atoms with E-state index in [9.17, 15) is 25.0 Å². The van der Waals surface area contributed by atoms with Crippen molar-refractivity contribution in [3.05, 3.63) is 98.1 Å². The van der Waals surface area contributed by atoms with Gasteiger partial charge in [0.05, 0.1) is 34.8 Å². The Balaban J connectivity index is 1.75. The van der Waals surface area contributed by atoms with Crippen LogP contribution in [0.25, 0.3) is 0 Å². The number of nitro benzene ring substituents is 2. The lowest BCUT2D eigenvalue weighted by Crippen LogP contribution is -2.09. The topological polar surface area (TPSA) is 146 Å². The van der Waals surface area contributed by atoms with Crippen LogP contribution in [-0.4, -0.2) is 29.1 Å². The summed E-state index contributed by atoms with van der Waals surface area (Å²) < 4.78 is 10.6. The molecule has 0 aromatic heterocycles. The smallest absolute Gasteiger partial charge is 0.343 e. The number of carbonyl (C=O) groups excluding carboxylic acids is 1. The van der Waals surface area contributed by atoms with Crippen LogP contribution in [-0.2, 0) is 0 Å². The average Bonchev–Trinajstić information content (AvgIpc) is 2.80. The molecule has 11 heteroatoms. The summed E-state index contributed by atoms with van der Waals surface area (Å²) in [4.78, 5) is 32.8. The Bertz CT molecular complexity index is 1200. The zero-order valence-electron chi connectivity index (χ0n) is 16.6. The van der Waals surface area contributed by atoms with E-state index in [-0.39, 0.29) is 17.2 Å². The van der Waals surface area contributed by atoms with Gasteiger partial charge < -0.3 is 9.47 Å². The van der Waals surface area contributed by atoms with Crippen LogP contribution in [0.2, 0.25) is 0 Å². The molecule has 0 aliphatic carbocycles. The first-order valence-corrected chi connectivity index (χ1v) is 9.06. The average molecular weight is 436 g/mol. The van der Waals surface area contributed by atoms with Crippen molar-refractivity contribution in [2.24, 2.45) is 5.10 Å². The van der Waals surface area contributed by atoms with Gasteiger partial charge in [-0.3, -0.25) is 25.7 Å². The quantitative estimate of drug-likeness (QED) is 0.182. The Labute approximate surface area is 181 Å². The number of methoxy groups -OCH3 is 1. The van der Waals surface area contributed by atoms with Crippen LogP contribution in [0, 0.1) is 20.2 Å². The highest BCUT2D eigenvalue weighted by atomic mass is 16.6. The summed E-state index contributed by atoms with van der Waals surface area (Å²) in [5.74, 6) is -0.0607. The van der Waals surface area contributed by atoms with E-state index in [1.807, 2.05) is 0 Å². The van der Waals surface area contributed by atoms with Gasteiger partial charge in [0, 0.05) is 6.07 Å². The highest BCUT2D eigenvalue weighted by Gasteiger charge is 2.19. The molecule has 11 nitrogen and oxygen atoms in total. The molecule has 0 saturated heterocycles. The fraction of sp³-hybridized carbons (Fsp3) is 0.0476. The molecular formula is C21H16N4O7. The van der Waals surface area contributed by atoms with Gasteiger partial charge in [-0.25, -0.2) is 4.79 Å². The Hall–Kier alpha value is -4.80. The zero-order valence-corrected chi connectivity index (χ0v) is 16.6. The second-order valence-electron chi connectivity index (χ2n) is 6.25. The Morgan fingerprint density at radius 1 is 0.969 bits per heavy atom. The van der Waals surface area contributed by atoms with Crippen LogP contribution in [0.1, 0.15) is 15.9 Å². The van der Waals surface area contributed by atoms with E-state index in [2.05, 4.69) is 10.5 Å². The van der Waals surface area contributed by atoms with Gasteiger partial charge in [-0.1, -0.05) is 18.2 Å². The lowest BCUT2D eigenvalue weighted by Gasteiger charge is -2.10. The minimum absolute atomic E-state index is 0.0165. The van der Waals surface area contributed by atoms with Crippen LogP contribution < -0.4 is 14.9 Å². The summed E-state index contributed by atoms with van der Waals surface area (Å²) >= 11 is 0. The first-order valence-electron chi connectivity index (χ1n) is 9.06. The number of non-ortho nitro benzene ring substituents is 1. The number of nitrogens with zero attached hydrogens (tertiary/aromatic N) is 3. The van der Waals surface area contributed by atoms with Crippen molar-refractivity contribution >= 4 is 29.2 Å². The van der Waals surface area contributed by atoms with Gasteiger partial charge in [-0.15, -0.1) is 0 Å². The molecule has 0 unspecified atom stereocenters. The van der Waals surface area contributed by atoms with Crippen molar-refractivity contribution < 1.29 is 24.1 Å². The fourth-order valence-electron chi connectivity index (χ4n) is 2.64. The summed E-state index contributed by atoms with van der Waals surface area (Å²) in [6.07, 6.45) is 1.36. The molecule has 3 rings (SSSR count). The standard InChI is InChI=1S/C21H16N4O7/c1-31-20-11-14(7-10-19(20)32-21(26)15-5-3-2-4-6-15)13-22-23-17-9-8-16(24(27)28)12-18(17)25(29)30/h2-13,23H,1H3/b22-13+. The van der Waals surface area contributed by atoms with Gasteiger partial charge in [-0.05, 0) is 42.0 Å². The maximum absolute atomic E-state index is 12.2. The molecule has 0 heterocycles. The summed E-state index contributed by atoms with van der Waals surface area (Å²) in [5, 5.41) is 25.9. The summed E-state index contributed by atoms with van der Waals surface area (Å²) in [5.41, 5.74) is 2.51. The molecule has 3 aromatic rings. The lowest BCUT2D eigenvalue weighted by molar-refractivity contribution is -0.393. The zero-order chi connectivity index (χ0) is 23.1. The van der Waals surface area contributed by atoms with Gasteiger partial charge in [0.2, 0.25) is 0 Å². The summed E-state index contributed by atoms with van der Waals surface area (Å²) in [6, 6.07) is 16.3. The third kappa shape index (κ3) is 5.21. The van der Waals surface area contributed by atoms with E-state index >= 15 is 0 Å².